The second kappa shape index (κ2) is 9.41. The molecule has 0 aliphatic rings. The van der Waals surface area contributed by atoms with E-state index in [4.69, 9.17) is 9.47 Å². The zero-order chi connectivity index (χ0) is 13.1. The van der Waals surface area contributed by atoms with Gasteiger partial charge >= 0.3 is 0 Å². The molecule has 1 aromatic heterocycles. The molecule has 1 N–H and O–H groups in total. The molecule has 0 saturated heterocycles. The van der Waals surface area contributed by atoms with Crippen LogP contribution in [-0.4, -0.2) is 36.3 Å². The highest BCUT2D eigenvalue weighted by Crippen LogP contribution is 2.08. The predicted molar refractivity (Wildman–Crippen MR) is 71.9 cm³/mol. The van der Waals surface area contributed by atoms with Crippen molar-refractivity contribution in [1.82, 2.24) is 9.97 Å². The van der Waals surface area contributed by atoms with Crippen LogP contribution in [-0.2, 0) is 4.74 Å². The van der Waals surface area contributed by atoms with Crippen LogP contribution in [0.2, 0.25) is 0 Å². The first-order chi connectivity index (χ1) is 8.86. The summed E-state index contributed by atoms with van der Waals surface area (Å²) in [5.74, 6) is 1.16. The Kier molecular flexibility index (Phi) is 7.55. The van der Waals surface area contributed by atoms with Crippen LogP contribution in [0.5, 0.6) is 5.88 Å². The Morgan fingerprint density at radius 3 is 3.06 bits per heavy atom. The summed E-state index contributed by atoms with van der Waals surface area (Å²) < 4.78 is 10.8. The molecule has 0 unspecified atom stereocenters. The number of aromatic nitrogens is 2. The Morgan fingerprint density at radius 2 is 2.28 bits per heavy atom. The number of hydrogen-bond donors (Lipinski definition) is 1. The molecule has 0 spiro atoms. The maximum Gasteiger partial charge on any atom is 0.226 e. The first-order valence-corrected chi connectivity index (χ1v) is 6.25. The molecule has 100 valence electrons. The van der Waals surface area contributed by atoms with Crippen molar-refractivity contribution in [3.05, 3.63) is 24.9 Å². The third-order valence-corrected chi connectivity index (χ3v) is 2.08. The Balaban J connectivity index is 2.22. The zero-order valence-corrected chi connectivity index (χ0v) is 10.9. The van der Waals surface area contributed by atoms with E-state index in [1.807, 2.05) is 6.08 Å². The van der Waals surface area contributed by atoms with Crippen molar-refractivity contribution in [3.8, 4) is 5.88 Å². The van der Waals surface area contributed by atoms with Crippen LogP contribution in [0, 0.1) is 0 Å². The topological polar surface area (TPSA) is 56.3 Å². The molecule has 5 nitrogen and oxygen atoms in total. The lowest BCUT2D eigenvalue weighted by Gasteiger charge is -2.07. The van der Waals surface area contributed by atoms with Gasteiger partial charge in [0.25, 0.3) is 0 Å². The summed E-state index contributed by atoms with van der Waals surface area (Å²) in [6.45, 7) is 8.35. The van der Waals surface area contributed by atoms with Crippen LogP contribution >= 0.6 is 0 Å². The summed E-state index contributed by atoms with van der Waals surface area (Å²) in [5.41, 5.74) is 0. The lowest BCUT2D eigenvalue weighted by atomic mass is 10.4. The highest BCUT2D eigenvalue weighted by molar-refractivity contribution is 5.27. The van der Waals surface area contributed by atoms with Gasteiger partial charge in [-0.15, -0.1) is 6.58 Å². The fraction of sp³-hybridized carbons (Fsp3) is 0.538. The molecule has 1 rings (SSSR count). The maximum absolute atomic E-state index is 5.42. The van der Waals surface area contributed by atoms with Crippen LogP contribution in [0.4, 0.5) is 5.95 Å². The molecule has 0 amide bonds. The Bertz CT molecular complexity index is 345. The van der Waals surface area contributed by atoms with E-state index in [9.17, 15) is 0 Å². The molecule has 0 saturated carbocycles. The molecule has 0 aromatic carbocycles. The lowest BCUT2D eigenvalue weighted by Crippen LogP contribution is -2.12. The molecule has 0 radical (unpaired) electrons. The number of ether oxygens (including phenoxy) is 2. The van der Waals surface area contributed by atoms with Gasteiger partial charge in [0.15, 0.2) is 0 Å². The van der Waals surface area contributed by atoms with Crippen molar-refractivity contribution in [3.63, 3.8) is 0 Å². The average Bonchev–Trinajstić information content (AvgIpc) is 2.41. The second-order valence-corrected chi connectivity index (χ2v) is 3.68. The van der Waals surface area contributed by atoms with Gasteiger partial charge in [-0.25, -0.2) is 4.98 Å². The van der Waals surface area contributed by atoms with E-state index in [1.54, 1.807) is 12.3 Å². The molecule has 18 heavy (non-hydrogen) atoms. The van der Waals surface area contributed by atoms with Crippen LogP contribution in [0.25, 0.3) is 0 Å². The normalized spacial score (nSPS) is 10.1. The number of rotatable bonds is 10. The third kappa shape index (κ3) is 6.20. The fourth-order valence-corrected chi connectivity index (χ4v) is 1.22. The quantitative estimate of drug-likeness (QED) is 0.510. The van der Waals surface area contributed by atoms with Gasteiger partial charge in [-0.1, -0.05) is 13.0 Å². The fourth-order valence-electron chi connectivity index (χ4n) is 1.22. The predicted octanol–water partition coefficient (Wildman–Crippen LogP) is 2.27. The van der Waals surface area contributed by atoms with Crippen molar-refractivity contribution in [2.75, 3.05) is 31.7 Å². The van der Waals surface area contributed by atoms with E-state index in [1.165, 1.54) is 0 Å². The molecule has 0 aliphatic carbocycles. The molecule has 0 bridgehead atoms. The van der Waals surface area contributed by atoms with Gasteiger partial charge in [0, 0.05) is 18.8 Å². The van der Waals surface area contributed by atoms with Crippen molar-refractivity contribution in [2.24, 2.45) is 0 Å². The third-order valence-electron chi connectivity index (χ3n) is 2.08. The van der Waals surface area contributed by atoms with Crippen molar-refractivity contribution in [2.45, 2.75) is 19.8 Å². The average molecular weight is 251 g/mol. The van der Waals surface area contributed by atoms with E-state index in [0.29, 0.717) is 38.2 Å². The Morgan fingerprint density at radius 1 is 1.39 bits per heavy atom. The van der Waals surface area contributed by atoms with E-state index >= 15 is 0 Å². The molecule has 5 heteroatoms. The molecular formula is C13H21N3O2. The van der Waals surface area contributed by atoms with Gasteiger partial charge < -0.3 is 14.8 Å². The van der Waals surface area contributed by atoms with Crippen LogP contribution in [0.3, 0.4) is 0 Å². The minimum absolute atomic E-state index is 0.566. The molecule has 0 atom stereocenters. The van der Waals surface area contributed by atoms with Gasteiger partial charge in [0.05, 0.1) is 19.8 Å². The lowest BCUT2D eigenvalue weighted by molar-refractivity contribution is 0.148. The number of anilines is 1. The highest BCUT2D eigenvalue weighted by atomic mass is 16.5. The van der Waals surface area contributed by atoms with Gasteiger partial charge in [-0.3, -0.25) is 0 Å². The minimum Gasteiger partial charge on any atom is -0.478 e. The highest BCUT2D eigenvalue weighted by Gasteiger charge is 1.99. The van der Waals surface area contributed by atoms with Crippen LogP contribution < -0.4 is 10.1 Å². The smallest absolute Gasteiger partial charge is 0.226 e. The summed E-state index contributed by atoms with van der Waals surface area (Å²) >= 11 is 0. The molecule has 0 aliphatic heterocycles. The van der Waals surface area contributed by atoms with E-state index in [-0.39, 0.29) is 0 Å². The first kappa shape index (κ1) is 14.4. The number of nitrogens with zero attached hydrogens (tertiary/aromatic N) is 2. The van der Waals surface area contributed by atoms with E-state index in [2.05, 4.69) is 28.8 Å². The van der Waals surface area contributed by atoms with Gasteiger partial charge in [0.1, 0.15) is 0 Å². The van der Waals surface area contributed by atoms with Gasteiger partial charge in [0.2, 0.25) is 11.8 Å². The Labute approximate surface area is 108 Å². The monoisotopic (exact) mass is 251 g/mol. The minimum atomic E-state index is 0.566. The maximum atomic E-state index is 5.42. The van der Waals surface area contributed by atoms with Crippen molar-refractivity contribution < 1.29 is 9.47 Å². The molecule has 0 fully saturated rings. The molecule has 1 aromatic rings. The Hall–Kier alpha value is -1.62. The second-order valence-electron chi connectivity index (χ2n) is 3.68. The summed E-state index contributed by atoms with van der Waals surface area (Å²) in [5, 5.41) is 3.09. The van der Waals surface area contributed by atoms with Crippen molar-refractivity contribution >= 4 is 5.95 Å². The summed E-state index contributed by atoms with van der Waals surface area (Å²) in [7, 11) is 0. The number of nitrogens with one attached hydrogen (secondary N) is 1. The first-order valence-electron chi connectivity index (χ1n) is 6.25. The van der Waals surface area contributed by atoms with Gasteiger partial charge in [-0.05, 0) is 12.8 Å². The van der Waals surface area contributed by atoms with E-state index < -0.39 is 0 Å². The standard InChI is InChI=1S/C13H21N3O2/c1-3-5-10-17-11-8-15-13-14-7-6-12(16-13)18-9-4-2/h3,6-7H,1,4-5,8-11H2,2H3,(H,14,15,16). The van der Waals surface area contributed by atoms with Crippen LogP contribution in [0.1, 0.15) is 19.8 Å². The zero-order valence-electron chi connectivity index (χ0n) is 10.9. The SMILES string of the molecule is C=CCCOCCNc1nccc(OCCC)n1. The van der Waals surface area contributed by atoms with E-state index in [0.717, 1.165) is 12.8 Å². The van der Waals surface area contributed by atoms with Crippen molar-refractivity contribution in [1.29, 1.82) is 0 Å². The summed E-state index contributed by atoms with van der Waals surface area (Å²) in [4.78, 5) is 8.34. The molecular weight excluding hydrogens is 230 g/mol. The summed E-state index contributed by atoms with van der Waals surface area (Å²) in [6.07, 6.45) is 5.35. The number of hydrogen-bond acceptors (Lipinski definition) is 5. The largest absolute Gasteiger partial charge is 0.478 e. The van der Waals surface area contributed by atoms with Gasteiger partial charge in [-0.2, -0.15) is 4.98 Å². The summed E-state index contributed by atoms with van der Waals surface area (Å²) in [6, 6.07) is 1.75. The van der Waals surface area contributed by atoms with Crippen LogP contribution in [0.15, 0.2) is 24.9 Å². The molecule has 1 heterocycles.